The van der Waals surface area contributed by atoms with Crippen molar-refractivity contribution in [2.75, 3.05) is 30.3 Å². The summed E-state index contributed by atoms with van der Waals surface area (Å²) >= 11 is 1.68. The normalized spacial score (nSPS) is 16.8. The van der Waals surface area contributed by atoms with Crippen LogP contribution in [0.15, 0.2) is 54.6 Å². The van der Waals surface area contributed by atoms with Gasteiger partial charge >= 0.3 is 0 Å². The Hall–Kier alpha value is -1.94. The number of rotatable bonds is 7. The van der Waals surface area contributed by atoms with Crippen molar-refractivity contribution in [2.45, 2.75) is 19.1 Å². The van der Waals surface area contributed by atoms with Crippen LogP contribution in [0.25, 0.3) is 0 Å². The summed E-state index contributed by atoms with van der Waals surface area (Å²) in [7, 11) is 0. The summed E-state index contributed by atoms with van der Waals surface area (Å²) in [6, 6.07) is 19.0. The van der Waals surface area contributed by atoms with Crippen molar-refractivity contribution in [3.63, 3.8) is 0 Å². The lowest BCUT2D eigenvalue weighted by Crippen LogP contribution is -2.32. The highest BCUT2D eigenvalue weighted by Gasteiger charge is 2.22. The summed E-state index contributed by atoms with van der Waals surface area (Å²) in [5.41, 5.74) is 3.83. The quantitative estimate of drug-likeness (QED) is 0.819. The summed E-state index contributed by atoms with van der Waals surface area (Å²) in [5.74, 6) is 2.11. The minimum absolute atomic E-state index is 0.148. The van der Waals surface area contributed by atoms with Gasteiger partial charge in [0.05, 0.1) is 5.75 Å². The van der Waals surface area contributed by atoms with Crippen molar-refractivity contribution < 1.29 is 4.79 Å². The van der Waals surface area contributed by atoms with E-state index in [2.05, 4.69) is 65.7 Å². The molecule has 1 amide bonds. The molecule has 0 bridgehead atoms. The standard InChI is InChI=1S/C21H26N2OS/c1-17-7-9-18(10-8-17)15-25-16-21(24)22-13-19-11-12-23(14-19)20-5-3-2-4-6-20/h2-10,19H,11-16H2,1H3,(H,22,24). The van der Waals surface area contributed by atoms with Crippen LogP contribution in [0.1, 0.15) is 17.5 Å². The Morgan fingerprint density at radius 3 is 2.68 bits per heavy atom. The molecule has 1 atom stereocenters. The van der Waals surface area contributed by atoms with Crippen LogP contribution in [-0.2, 0) is 10.5 Å². The largest absolute Gasteiger partial charge is 0.371 e. The fourth-order valence-corrected chi connectivity index (χ4v) is 3.95. The van der Waals surface area contributed by atoms with Gasteiger partial charge in [-0.2, -0.15) is 0 Å². The van der Waals surface area contributed by atoms with Crippen LogP contribution >= 0.6 is 11.8 Å². The molecule has 0 aliphatic carbocycles. The number of benzene rings is 2. The Bertz CT molecular complexity index is 672. The van der Waals surface area contributed by atoms with Gasteiger partial charge in [0.1, 0.15) is 0 Å². The summed E-state index contributed by atoms with van der Waals surface area (Å²) in [5, 5.41) is 3.11. The van der Waals surface area contributed by atoms with Crippen molar-refractivity contribution in [1.29, 1.82) is 0 Å². The van der Waals surface area contributed by atoms with Crippen LogP contribution in [0.2, 0.25) is 0 Å². The SMILES string of the molecule is Cc1ccc(CSCC(=O)NCC2CCN(c3ccccc3)C2)cc1. The van der Waals surface area contributed by atoms with Crippen molar-refractivity contribution in [2.24, 2.45) is 5.92 Å². The summed E-state index contributed by atoms with van der Waals surface area (Å²) in [4.78, 5) is 14.5. The molecule has 1 saturated heterocycles. The van der Waals surface area contributed by atoms with Crippen LogP contribution in [0.4, 0.5) is 5.69 Å². The molecule has 2 aromatic rings. The number of anilines is 1. The Morgan fingerprint density at radius 1 is 1.16 bits per heavy atom. The van der Waals surface area contributed by atoms with Gasteiger partial charge in [-0.15, -0.1) is 11.8 Å². The fourth-order valence-electron chi connectivity index (χ4n) is 3.13. The molecule has 25 heavy (non-hydrogen) atoms. The Morgan fingerprint density at radius 2 is 1.92 bits per heavy atom. The van der Waals surface area contributed by atoms with E-state index in [0.29, 0.717) is 11.7 Å². The topological polar surface area (TPSA) is 32.3 Å². The minimum atomic E-state index is 0.148. The molecular weight excluding hydrogens is 328 g/mol. The first kappa shape index (κ1) is 17.9. The van der Waals surface area contributed by atoms with E-state index in [-0.39, 0.29) is 5.91 Å². The number of para-hydroxylation sites is 1. The maximum Gasteiger partial charge on any atom is 0.230 e. The molecule has 0 radical (unpaired) electrons. The second-order valence-corrected chi connectivity index (χ2v) is 7.70. The van der Waals surface area contributed by atoms with E-state index in [1.165, 1.54) is 16.8 Å². The molecule has 1 fully saturated rings. The molecule has 2 aromatic carbocycles. The summed E-state index contributed by atoms with van der Waals surface area (Å²) in [6.07, 6.45) is 1.14. The van der Waals surface area contributed by atoms with Gasteiger partial charge in [0.15, 0.2) is 0 Å². The van der Waals surface area contributed by atoms with Crippen LogP contribution in [0.3, 0.4) is 0 Å². The van der Waals surface area contributed by atoms with Crippen molar-refractivity contribution in [3.8, 4) is 0 Å². The lowest BCUT2D eigenvalue weighted by Gasteiger charge is -2.18. The molecule has 3 nitrogen and oxygen atoms in total. The van der Waals surface area contributed by atoms with Gasteiger partial charge in [-0.05, 0) is 37.0 Å². The molecule has 1 aliphatic rings. The van der Waals surface area contributed by atoms with Gasteiger partial charge < -0.3 is 10.2 Å². The number of amides is 1. The molecule has 1 N–H and O–H groups in total. The lowest BCUT2D eigenvalue weighted by atomic mass is 10.1. The Kier molecular flexibility index (Phi) is 6.40. The number of nitrogens with zero attached hydrogens (tertiary/aromatic N) is 1. The van der Waals surface area contributed by atoms with Crippen LogP contribution in [-0.4, -0.2) is 31.3 Å². The average Bonchev–Trinajstić information content (AvgIpc) is 3.11. The fraction of sp³-hybridized carbons (Fsp3) is 0.381. The highest BCUT2D eigenvalue weighted by molar-refractivity contribution is 7.99. The number of hydrogen-bond acceptors (Lipinski definition) is 3. The van der Waals surface area contributed by atoms with E-state index in [9.17, 15) is 4.79 Å². The van der Waals surface area contributed by atoms with Gasteiger partial charge in [-0.25, -0.2) is 0 Å². The summed E-state index contributed by atoms with van der Waals surface area (Å²) < 4.78 is 0. The molecule has 0 aromatic heterocycles. The van der Waals surface area contributed by atoms with Crippen molar-refractivity contribution in [3.05, 3.63) is 65.7 Å². The smallest absolute Gasteiger partial charge is 0.230 e. The van der Waals surface area contributed by atoms with E-state index >= 15 is 0 Å². The number of nitrogens with one attached hydrogen (secondary N) is 1. The minimum Gasteiger partial charge on any atom is -0.371 e. The summed E-state index contributed by atoms with van der Waals surface area (Å²) in [6.45, 7) is 4.98. The number of thioether (sulfide) groups is 1. The van der Waals surface area contributed by atoms with Gasteiger partial charge in [-0.3, -0.25) is 4.79 Å². The number of aryl methyl sites for hydroxylation is 1. The van der Waals surface area contributed by atoms with E-state index in [1.54, 1.807) is 11.8 Å². The molecule has 1 aliphatic heterocycles. The zero-order valence-electron chi connectivity index (χ0n) is 14.8. The Labute approximate surface area is 154 Å². The highest BCUT2D eigenvalue weighted by Crippen LogP contribution is 2.23. The zero-order chi connectivity index (χ0) is 17.5. The third-order valence-electron chi connectivity index (χ3n) is 4.62. The van der Waals surface area contributed by atoms with Crippen LogP contribution < -0.4 is 10.2 Å². The molecule has 132 valence electrons. The predicted octanol–water partition coefficient (Wildman–Crippen LogP) is 3.87. The number of carbonyl (C=O) groups excluding carboxylic acids is 1. The molecule has 0 spiro atoms. The van der Waals surface area contributed by atoms with Gasteiger partial charge in [0.25, 0.3) is 0 Å². The number of carbonyl (C=O) groups is 1. The predicted molar refractivity (Wildman–Crippen MR) is 107 cm³/mol. The Balaban J connectivity index is 1.33. The third-order valence-corrected chi connectivity index (χ3v) is 5.62. The second-order valence-electron chi connectivity index (χ2n) is 6.72. The monoisotopic (exact) mass is 354 g/mol. The maximum absolute atomic E-state index is 12.1. The zero-order valence-corrected chi connectivity index (χ0v) is 15.6. The van der Waals surface area contributed by atoms with E-state index in [0.717, 1.165) is 31.8 Å². The lowest BCUT2D eigenvalue weighted by molar-refractivity contribution is -0.118. The van der Waals surface area contributed by atoms with E-state index < -0.39 is 0 Å². The van der Waals surface area contributed by atoms with Crippen LogP contribution in [0, 0.1) is 12.8 Å². The number of hydrogen-bond donors (Lipinski definition) is 1. The molecule has 1 heterocycles. The average molecular weight is 355 g/mol. The maximum atomic E-state index is 12.1. The van der Waals surface area contributed by atoms with Crippen LogP contribution in [0.5, 0.6) is 0 Å². The molecular formula is C21H26N2OS. The molecule has 1 unspecified atom stereocenters. The van der Waals surface area contributed by atoms with Gasteiger partial charge in [-0.1, -0.05) is 48.0 Å². The second kappa shape index (κ2) is 8.95. The van der Waals surface area contributed by atoms with Gasteiger partial charge in [0.2, 0.25) is 5.91 Å². The van der Waals surface area contributed by atoms with E-state index in [4.69, 9.17) is 0 Å². The molecule has 0 saturated carbocycles. The first-order chi connectivity index (χ1) is 12.2. The third kappa shape index (κ3) is 5.53. The van der Waals surface area contributed by atoms with Gasteiger partial charge in [0, 0.05) is 31.1 Å². The van der Waals surface area contributed by atoms with E-state index in [1.807, 2.05) is 6.07 Å². The van der Waals surface area contributed by atoms with Crippen molar-refractivity contribution in [1.82, 2.24) is 5.32 Å². The first-order valence-corrected chi connectivity index (χ1v) is 10.1. The molecule has 3 rings (SSSR count). The highest BCUT2D eigenvalue weighted by atomic mass is 32.2. The molecule has 4 heteroatoms. The van der Waals surface area contributed by atoms with Crippen molar-refractivity contribution >= 4 is 23.4 Å². The first-order valence-electron chi connectivity index (χ1n) is 8.90.